The monoisotopic (exact) mass is 583 g/mol. The molecule has 0 spiro atoms. The lowest BCUT2D eigenvalue weighted by atomic mass is 9.87. The van der Waals surface area contributed by atoms with Gasteiger partial charge < -0.3 is 24.2 Å². The first-order valence-electron chi connectivity index (χ1n) is 14.4. The van der Waals surface area contributed by atoms with Crippen molar-refractivity contribution in [1.82, 2.24) is 5.06 Å². The number of ether oxygens (including phenoxy) is 3. The van der Waals surface area contributed by atoms with Crippen molar-refractivity contribution in [3.63, 3.8) is 0 Å². The number of esters is 1. The lowest BCUT2D eigenvalue weighted by molar-refractivity contribution is -0.179. The number of benzene rings is 4. The van der Waals surface area contributed by atoms with Crippen LogP contribution in [0, 0.1) is 0 Å². The molecule has 4 aromatic rings. The Labute approximate surface area is 251 Å². The molecule has 1 aliphatic rings. The molecule has 1 fully saturated rings. The zero-order valence-corrected chi connectivity index (χ0v) is 24.7. The first-order chi connectivity index (χ1) is 20.6. The Morgan fingerprint density at radius 1 is 0.860 bits per heavy atom. The number of carbonyl (C=O) groups is 2. The Balaban J connectivity index is 1.26. The lowest BCUT2D eigenvalue weighted by Gasteiger charge is -2.37. The Kier molecular flexibility index (Phi) is 9.28. The summed E-state index contributed by atoms with van der Waals surface area (Å²) in [6.07, 6.45) is -0.272. The van der Waals surface area contributed by atoms with Crippen LogP contribution in [0.5, 0.6) is 5.75 Å². The van der Waals surface area contributed by atoms with E-state index in [1.807, 2.05) is 36.4 Å². The predicted molar refractivity (Wildman–Crippen MR) is 162 cm³/mol. The molecule has 2 unspecified atom stereocenters. The van der Waals surface area contributed by atoms with Gasteiger partial charge in [-0.25, -0.2) is 9.59 Å². The van der Waals surface area contributed by atoms with Gasteiger partial charge in [0.2, 0.25) is 0 Å². The van der Waals surface area contributed by atoms with Gasteiger partial charge in [-0.3, -0.25) is 0 Å². The Morgan fingerprint density at radius 3 is 2.28 bits per heavy atom. The van der Waals surface area contributed by atoms with E-state index in [0.29, 0.717) is 31.7 Å². The molecule has 0 bridgehead atoms. The summed E-state index contributed by atoms with van der Waals surface area (Å²) in [5.74, 6) is -0.301. The van der Waals surface area contributed by atoms with Crippen LogP contribution in [0.4, 0.5) is 4.79 Å². The topological polar surface area (TPSA) is 94.5 Å². The summed E-state index contributed by atoms with van der Waals surface area (Å²) in [6, 6.07) is 28.4. The average molecular weight is 584 g/mol. The number of fused-ring (bicyclic) bond motifs is 1. The molecular formula is C35H37NO7. The molecule has 0 aromatic heterocycles. The molecule has 0 amide bonds. The molecule has 4 aromatic carbocycles. The van der Waals surface area contributed by atoms with Crippen LogP contribution in [0.1, 0.15) is 60.2 Å². The van der Waals surface area contributed by atoms with Crippen molar-refractivity contribution in [2.45, 2.75) is 58.0 Å². The fourth-order valence-corrected chi connectivity index (χ4v) is 5.12. The molecule has 8 nitrogen and oxygen atoms in total. The molecule has 1 aliphatic heterocycles. The average Bonchev–Trinajstić information content (AvgIpc) is 2.98. The minimum absolute atomic E-state index is 0.0625. The quantitative estimate of drug-likeness (QED) is 0.219. The van der Waals surface area contributed by atoms with Crippen LogP contribution in [-0.2, 0) is 32.3 Å². The van der Waals surface area contributed by atoms with Gasteiger partial charge >= 0.3 is 12.1 Å². The summed E-state index contributed by atoms with van der Waals surface area (Å²) >= 11 is 0. The number of rotatable bonds is 8. The normalized spacial score (nSPS) is 17.4. The van der Waals surface area contributed by atoms with Gasteiger partial charge in [0.15, 0.2) is 0 Å². The zero-order chi connectivity index (χ0) is 30.4. The SMILES string of the molecule is CC(C)(C)OC(=O)ON1CCC(c2ccc(COC(=O)c3ccc(O)cc3)cc2)C(OCc2ccc3ccccc3c2)C1. The van der Waals surface area contributed by atoms with Gasteiger partial charge in [-0.2, -0.15) is 0 Å². The first kappa shape index (κ1) is 30.1. The first-order valence-corrected chi connectivity index (χ1v) is 14.4. The number of piperidine rings is 1. The highest BCUT2D eigenvalue weighted by Crippen LogP contribution is 2.32. The van der Waals surface area contributed by atoms with Crippen molar-refractivity contribution < 1.29 is 33.7 Å². The molecule has 2 atom stereocenters. The van der Waals surface area contributed by atoms with E-state index in [1.54, 1.807) is 25.8 Å². The summed E-state index contributed by atoms with van der Waals surface area (Å²) < 4.78 is 17.3. The van der Waals surface area contributed by atoms with Crippen LogP contribution in [0.3, 0.4) is 0 Å². The maximum absolute atomic E-state index is 12.4. The van der Waals surface area contributed by atoms with E-state index in [0.717, 1.165) is 22.1 Å². The van der Waals surface area contributed by atoms with Crippen LogP contribution in [0.15, 0.2) is 91.0 Å². The Bertz CT molecular complexity index is 1540. The third-order valence-electron chi connectivity index (χ3n) is 7.27. The van der Waals surface area contributed by atoms with Crippen LogP contribution in [0.2, 0.25) is 0 Å². The zero-order valence-electron chi connectivity index (χ0n) is 24.7. The van der Waals surface area contributed by atoms with E-state index in [1.165, 1.54) is 29.7 Å². The van der Waals surface area contributed by atoms with Crippen LogP contribution < -0.4 is 0 Å². The summed E-state index contributed by atoms with van der Waals surface area (Å²) in [4.78, 5) is 30.3. The third kappa shape index (κ3) is 8.34. The van der Waals surface area contributed by atoms with Crippen molar-refractivity contribution in [1.29, 1.82) is 0 Å². The number of aromatic hydroxyl groups is 1. The standard InChI is InChI=1S/C35H37NO7/c1-35(2,3)42-34(39)43-36-19-18-31(32(21-36)40-23-25-10-11-26-6-4-5-7-29(26)20-25)27-12-8-24(9-13-27)22-41-33(38)28-14-16-30(37)17-15-28/h4-17,20,31-32,37H,18-19,21-23H2,1-3H3. The van der Waals surface area contributed by atoms with Gasteiger partial charge in [0, 0.05) is 12.5 Å². The van der Waals surface area contributed by atoms with Crippen molar-refractivity contribution in [3.8, 4) is 5.75 Å². The fourth-order valence-electron chi connectivity index (χ4n) is 5.12. The number of nitrogens with zero attached hydrogens (tertiary/aromatic N) is 1. The molecule has 43 heavy (non-hydrogen) atoms. The van der Waals surface area contributed by atoms with Crippen LogP contribution in [-0.4, -0.2) is 47.1 Å². The molecule has 0 aliphatic carbocycles. The summed E-state index contributed by atoms with van der Waals surface area (Å²) in [5, 5.41) is 13.4. The number of hydrogen-bond donors (Lipinski definition) is 1. The second-order valence-electron chi connectivity index (χ2n) is 11.7. The fraction of sp³-hybridized carbons (Fsp3) is 0.314. The molecule has 8 heteroatoms. The number of phenolic OH excluding ortho intramolecular Hbond substituents is 1. The second-order valence-corrected chi connectivity index (χ2v) is 11.7. The van der Waals surface area contributed by atoms with Crippen molar-refractivity contribution >= 4 is 22.9 Å². The molecular weight excluding hydrogens is 546 g/mol. The van der Waals surface area contributed by atoms with Gasteiger partial charge in [-0.1, -0.05) is 60.7 Å². The Morgan fingerprint density at radius 2 is 1.56 bits per heavy atom. The minimum Gasteiger partial charge on any atom is -0.508 e. The van der Waals surface area contributed by atoms with Gasteiger partial charge in [0.05, 0.1) is 24.8 Å². The third-order valence-corrected chi connectivity index (χ3v) is 7.27. The number of hydrogen-bond acceptors (Lipinski definition) is 8. The molecule has 1 saturated heterocycles. The highest BCUT2D eigenvalue weighted by atomic mass is 16.8. The maximum atomic E-state index is 12.4. The van der Waals surface area contributed by atoms with Gasteiger partial charge in [-0.05, 0) is 85.0 Å². The molecule has 0 radical (unpaired) electrons. The lowest BCUT2D eigenvalue weighted by Crippen LogP contribution is -2.45. The largest absolute Gasteiger partial charge is 0.528 e. The van der Waals surface area contributed by atoms with Crippen molar-refractivity contribution in [2.75, 3.05) is 13.1 Å². The molecule has 5 rings (SSSR count). The second kappa shape index (κ2) is 13.3. The van der Waals surface area contributed by atoms with Gasteiger partial charge in [-0.15, -0.1) is 5.06 Å². The van der Waals surface area contributed by atoms with Crippen LogP contribution in [0.25, 0.3) is 10.8 Å². The minimum atomic E-state index is -0.731. The molecule has 1 N–H and O–H groups in total. The summed E-state index contributed by atoms with van der Waals surface area (Å²) in [6.45, 7) is 6.87. The molecule has 0 saturated carbocycles. The maximum Gasteiger partial charge on any atom is 0.528 e. The smallest absolute Gasteiger partial charge is 0.508 e. The predicted octanol–water partition coefficient (Wildman–Crippen LogP) is 7.14. The summed E-state index contributed by atoms with van der Waals surface area (Å²) in [5.41, 5.74) is 2.74. The highest BCUT2D eigenvalue weighted by molar-refractivity contribution is 5.89. The summed E-state index contributed by atoms with van der Waals surface area (Å²) in [7, 11) is 0. The van der Waals surface area contributed by atoms with Crippen LogP contribution >= 0.6 is 0 Å². The van der Waals surface area contributed by atoms with E-state index in [-0.39, 0.29) is 24.4 Å². The van der Waals surface area contributed by atoms with Gasteiger partial charge in [0.25, 0.3) is 0 Å². The van der Waals surface area contributed by atoms with Crippen molar-refractivity contribution in [2.24, 2.45) is 0 Å². The number of hydroxylamine groups is 2. The molecule has 1 heterocycles. The van der Waals surface area contributed by atoms with Gasteiger partial charge in [0.1, 0.15) is 18.0 Å². The van der Waals surface area contributed by atoms with Crippen molar-refractivity contribution in [3.05, 3.63) is 113 Å². The van der Waals surface area contributed by atoms with E-state index in [4.69, 9.17) is 19.0 Å². The molecule has 224 valence electrons. The number of carbonyl (C=O) groups excluding carboxylic acids is 2. The van der Waals surface area contributed by atoms with E-state index >= 15 is 0 Å². The Hall–Kier alpha value is -4.40. The van der Waals surface area contributed by atoms with E-state index in [2.05, 4.69) is 30.3 Å². The highest BCUT2D eigenvalue weighted by Gasteiger charge is 2.34. The van der Waals surface area contributed by atoms with E-state index < -0.39 is 17.7 Å². The number of phenols is 1. The van der Waals surface area contributed by atoms with E-state index in [9.17, 15) is 14.7 Å².